The zero-order valence-electron chi connectivity index (χ0n) is 11.0. The molecule has 0 aliphatic rings. The minimum absolute atomic E-state index is 0.517. The molecule has 0 spiro atoms. The summed E-state index contributed by atoms with van der Waals surface area (Å²) in [5, 5.41) is 8.67. The molecule has 1 unspecified atom stereocenters. The lowest BCUT2D eigenvalue weighted by Gasteiger charge is -2.28. The maximum Gasteiger partial charge on any atom is 0.328 e. The lowest BCUT2D eigenvalue weighted by molar-refractivity contribution is -0.131. The van der Waals surface area contributed by atoms with Crippen LogP contribution in [0, 0.1) is 0 Å². The number of hydrogen-bond acceptors (Lipinski definition) is 2. The first-order chi connectivity index (χ1) is 7.51. The highest BCUT2D eigenvalue weighted by atomic mass is 16.4. The molecular formula is C13H25NO2. The predicted molar refractivity (Wildman–Crippen MR) is 67.6 cm³/mol. The molecule has 0 radical (unpaired) electrons. The topological polar surface area (TPSA) is 40.5 Å². The Morgan fingerprint density at radius 3 is 2.50 bits per heavy atom. The summed E-state index contributed by atoms with van der Waals surface area (Å²) in [4.78, 5) is 12.9. The highest BCUT2D eigenvalue weighted by Gasteiger charge is 2.12. The summed E-state index contributed by atoms with van der Waals surface area (Å²) in [5.74, 6) is -0.850. The molecule has 0 aromatic heterocycles. The zero-order chi connectivity index (χ0) is 12.6. The highest BCUT2D eigenvalue weighted by Crippen LogP contribution is 2.09. The number of unbranched alkanes of at least 4 members (excludes halogenated alkanes) is 1. The molecule has 0 saturated heterocycles. The van der Waals surface area contributed by atoms with Gasteiger partial charge in [0.25, 0.3) is 0 Å². The summed E-state index contributed by atoms with van der Waals surface area (Å²) in [7, 11) is 0. The second-order valence-corrected chi connectivity index (χ2v) is 4.41. The van der Waals surface area contributed by atoms with Crippen LogP contribution in [0.4, 0.5) is 0 Å². The summed E-state index contributed by atoms with van der Waals surface area (Å²) >= 11 is 0. The summed E-state index contributed by atoms with van der Waals surface area (Å²) in [6.45, 7) is 10.2. The van der Waals surface area contributed by atoms with E-state index in [2.05, 4.69) is 25.7 Å². The van der Waals surface area contributed by atoms with Crippen molar-refractivity contribution < 1.29 is 9.90 Å². The van der Waals surface area contributed by atoms with Crippen LogP contribution in [-0.4, -0.2) is 35.1 Å². The molecule has 94 valence electrons. The van der Waals surface area contributed by atoms with Gasteiger partial charge in [0.1, 0.15) is 0 Å². The van der Waals surface area contributed by atoms with Crippen LogP contribution in [0.2, 0.25) is 0 Å². The van der Waals surface area contributed by atoms with E-state index in [9.17, 15) is 4.79 Å². The number of rotatable bonds is 8. The van der Waals surface area contributed by atoms with Gasteiger partial charge in [-0.25, -0.2) is 4.79 Å². The van der Waals surface area contributed by atoms with E-state index in [0.717, 1.165) is 25.1 Å². The molecule has 0 fully saturated rings. The second-order valence-electron chi connectivity index (χ2n) is 4.41. The van der Waals surface area contributed by atoms with Crippen LogP contribution in [0.5, 0.6) is 0 Å². The molecule has 0 rings (SSSR count). The smallest absolute Gasteiger partial charge is 0.328 e. The number of aliphatic carboxylic acids is 1. The van der Waals surface area contributed by atoms with Crippen molar-refractivity contribution >= 4 is 5.97 Å². The van der Waals surface area contributed by atoms with Gasteiger partial charge in [-0.3, -0.25) is 4.90 Å². The maximum absolute atomic E-state index is 10.5. The average molecular weight is 227 g/mol. The third-order valence-electron chi connectivity index (χ3n) is 2.84. The number of carbonyl (C=O) groups is 1. The Morgan fingerprint density at radius 2 is 2.06 bits per heavy atom. The van der Waals surface area contributed by atoms with Crippen molar-refractivity contribution in [1.82, 2.24) is 4.90 Å². The SMILES string of the molecule is CCCCN(CC(C)=CC(=O)O)C(C)CC. The molecule has 0 aliphatic heterocycles. The van der Waals surface area contributed by atoms with E-state index in [-0.39, 0.29) is 0 Å². The quantitative estimate of drug-likeness (QED) is 0.648. The number of carboxylic acid groups (broad SMARTS) is 1. The van der Waals surface area contributed by atoms with Crippen LogP contribution in [-0.2, 0) is 4.79 Å². The first-order valence-electron chi connectivity index (χ1n) is 6.15. The standard InChI is InChI=1S/C13H25NO2/c1-5-7-8-14(12(4)6-2)10-11(3)9-13(15)16/h9,12H,5-8,10H2,1-4H3,(H,15,16). The van der Waals surface area contributed by atoms with Crippen LogP contribution < -0.4 is 0 Å². The van der Waals surface area contributed by atoms with Gasteiger partial charge in [0.05, 0.1) is 0 Å². The largest absolute Gasteiger partial charge is 0.478 e. The molecule has 0 saturated carbocycles. The van der Waals surface area contributed by atoms with Crippen molar-refractivity contribution in [2.75, 3.05) is 13.1 Å². The summed E-state index contributed by atoms with van der Waals surface area (Å²) in [5.41, 5.74) is 0.920. The van der Waals surface area contributed by atoms with Gasteiger partial charge in [0.2, 0.25) is 0 Å². The molecule has 3 heteroatoms. The Balaban J connectivity index is 4.35. The van der Waals surface area contributed by atoms with Crippen LogP contribution in [0.15, 0.2) is 11.6 Å². The van der Waals surface area contributed by atoms with Gasteiger partial charge in [-0.1, -0.05) is 25.8 Å². The van der Waals surface area contributed by atoms with Crippen LogP contribution >= 0.6 is 0 Å². The van der Waals surface area contributed by atoms with Gasteiger partial charge < -0.3 is 5.11 Å². The lowest BCUT2D eigenvalue weighted by Crippen LogP contribution is -2.35. The maximum atomic E-state index is 10.5. The summed E-state index contributed by atoms with van der Waals surface area (Å²) in [6.07, 6.45) is 4.75. The molecule has 0 aromatic carbocycles. The average Bonchev–Trinajstić information content (AvgIpc) is 2.21. The van der Waals surface area contributed by atoms with Crippen molar-refractivity contribution in [1.29, 1.82) is 0 Å². The number of nitrogens with zero attached hydrogens (tertiary/aromatic N) is 1. The van der Waals surface area contributed by atoms with Crippen LogP contribution in [0.25, 0.3) is 0 Å². The van der Waals surface area contributed by atoms with Gasteiger partial charge in [-0.05, 0) is 33.2 Å². The summed E-state index contributed by atoms with van der Waals surface area (Å²) < 4.78 is 0. The third kappa shape index (κ3) is 6.62. The Kier molecular flexibility index (Phi) is 7.90. The second kappa shape index (κ2) is 8.34. The van der Waals surface area contributed by atoms with Crippen molar-refractivity contribution in [3.63, 3.8) is 0 Å². The van der Waals surface area contributed by atoms with Crippen LogP contribution in [0.3, 0.4) is 0 Å². The van der Waals surface area contributed by atoms with Gasteiger partial charge in [0.15, 0.2) is 0 Å². The first-order valence-corrected chi connectivity index (χ1v) is 6.15. The van der Waals surface area contributed by atoms with Crippen molar-refractivity contribution in [2.45, 2.75) is 53.0 Å². The molecule has 1 atom stereocenters. The van der Waals surface area contributed by atoms with Gasteiger partial charge in [-0.2, -0.15) is 0 Å². The van der Waals surface area contributed by atoms with Gasteiger partial charge >= 0.3 is 5.97 Å². The molecule has 0 bridgehead atoms. The molecule has 16 heavy (non-hydrogen) atoms. The third-order valence-corrected chi connectivity index (χ3v) is 2.84. The van der Waals surface area contributed by atoms with E-state index < -0.39 is 5.97 Å². The lowest BCUT2D eigenvalue weighted by atomic mass is 10.1. The molecule has 0 heterocycles. The van der Waals surface area contributed by atoms with E-state index >= 15 is 0 Å². The van der Waals surface area contributed by atoms with Crippen molar-refractivity contribution in [3.05, 3.63) is 11.6 Å². The Bertz CT molecular complexity index is 236. The first kappa shape index (κ1) is 15.2. The van der Waals surface area contributed by atoms with Crippen molar-refractivity contribution in [3.8, 4) is 0 Å². The van der Waals surface area contributed by atoms with E-state index in [1.54, 1.807) is 0 Å². The molecule has 0 aliphatic carbocycles. The van der Waals surface area contributed by atoms with Crippen molar-refractivity contribution in [2.24, 2.45) is 0 Å². The molecule has 3 nitrogen and oxygen atoms in total. The van der Waals surface area contributed by atoms with E-state index in [0.29, 0.717) is 6.04 Å². The Morgan fingerprint density at radius 1 is 1.44 bits per heavy atom. The molecular weight excluding hydrogens is 202 g/mol. The zero-order valence-corrected chi connectivity index (χ0v) is 11.0. The predicted octanol–water partition coefficient (Wildman–Crippen LogP) is 2.92. The minimum atomic E-state index is -0.850. The van der Waals surface area contributed by atoms with Crippen LogP contribution in [0.1, 0.15) is 47.0 Å². The van der Waals surface area contributed by atoms with E-state index in [1.807, 2.05) is 6.92 Å². The molecule has 1 N–H and O–H groups in total. The molecule has 0 aromatic rings. The summed E-state index contributed by atoms with van der Waals surface area (Å²) in [6, 6.07) is 0.517. The number of carboxylic acids is 1. The monoisotopic (exact) mass is 227 g/mol. The Hall–Kier alpha value is -0.830. The fraction of sp³-hybridized carbons (Fsp3) is 0.769. The fourth-order valence-electron chi connectivity index (χ4n) is 1.65. The Labute approximate surface area is 99.1 Å². The van der Waals surface area contributed by atoms with E-state index in [4.69, 9.17) is 5.11 Å². The fourth-order valence-corrected chi connectivity index (χ4v) is 1.65. The minimum Gasteiger partial charge on any atom is -0.478 e. The van der Waals surface area contributed by atoms with E-state index in [1.165, 1.54) is 18.9 Å². The van der Waals surface area contributed by atoms with Gasteiger partial charge in [0, 0.05) is 18.7 Å². The normalized spacial score (nSPS) is 14.2. The van der Waals surface area contributed by atoms with Gasteiger partial charge in [-0.15, -0.1) is 0 Å². The highest BCUT2D eigenvalue weighted by molar-refractivity contribution is 5.80. The number of hydrogen-bond donors (Lipinski definition) is 1. The molecule has 0 amide bonds.